The molecule has 1 aliphatic rings. The second-order valence-electron chi connectivity index (χ2n) is 3.63. The summed E-state index contributed by atoms with van der Waals surface area (Å²) in [6.45, 7) is 5.90. The first-order valence-electron chi connectivity index (χ1n) is 4.63. The Morgan fingerprint density at radius 3 is 2.92 bits per heavy atom. The highest BCUT2D eigenvalue weighted by atomic mass is 16.5. The van der Waals surface area contributed by atoms with Crippen molar-refractivity contribution < 1.29 is 9.84 Å². The molecule has 2 atom stereocenters. The first kappa shape index (κ1) is 9.96. The van der Waals surface area contributed by atoms with Crippen molar-refractivity contribution in [2.45, 2.75) is 19.4 Å². The van der Waals surface area contributed by atoms with Gasteiger partial charge >= 0.3 is 0 Å². The van der Waals surface area contributed by atoms with Gasteiger partial charge in [-0.25, -0.2) is 0 Å². The van der Waals surface area contributed by atoms with E-state index in [1.165, 1.54) is 0 Å². The number of piperidine rings is 1. The minimum absolute atomic E-state index is 0.0937. The van der Waals surface area contributed by atoms with Crippen LogP contribution in [0.4, 0.5) is 0 Å². The van der Waals surface area contributed by atoms with Crippen LogP contribution in [-0.4, -0.2) is 49.5 Å². The summed E-state index contributed by atoms with van der Waals surface area (Å²) in [5.41, 5.74) is 0. The summed E-state index contributed by atoms with van der Waals surface area (Å²) in [6.07, 6.45) is 0.814. The van der Waals surface area contributed by atoms with E-state index < -0.39 is 0 Å². The lowest BCUT2D eigenvalue weighted by Crippen LogP contribution is -2.43. The molecule has 0 saturated carbocycles. The summed E-state index contributed by atoms with van der Waals surface area (Å²) in [4.78, 5) is 2.35. The topological polar surface area (TPSA) is 32.7 Å². The largest absolute Gasteiger partial charge is 0.393 e. The van der Waals surface area contributed by atoms with E-state index in [9.17, 15) is 5.11 Å². The van der Waals surface area contributed by atoms with Gasteiger partial charge < -0.3 is 14.7 Å². The van der Waals surface area contributed by atoms with Gasteiger partial charge in [0.25, 0.3) is 0 Å². The minimum Gasteiger partial charge on any atom is -0.393 e. The molecule has 1 aliphatic heterocycles. The zero-order valence-corrected chi connectivity index (χ0v) is 7.99. The number of aliphatic hydroxyl groups is 1. The molecule has 0 aromatic heterocycles. The number of methoxy groups -OCH3 is 1. The van der Waals surface area contributed by atoms with Gasteiger partial charge in [0.2, 0.25) is 0 Å². The number of ether oxygens (including phenoxy) is 1. The predicted molar refractivity (Wildman–Crippen MR) is 48.1 cm³/mol. The first-order valence-corrected chi connectivity index (χ1v) is 4.63. The van der Waals surface area contributed by atoms with Crippen molar-refractivity contribution in [2.24, 2.45) is 5.92 Å². The van der Waals surface area contributed by atoms with Crippen LogP contribution < -0.4 is 0 Å². The minimum atomic E-state index is -0.0937. The Labute approximate surface area is 74.3 Å². The van der Waals surface area contributed by atoms with Crippen molar-refractivity contribution >= 4 is 0 Å². The smallest absolute Gasteiger partial charge is 0.0590 e. The summed E-state index contributed by atoms with van der Waals surface area (Å²) < 4.78 is 5.00. The molecule has 0 aliphatic carbocycles. The predicted octanol–water partition coefficient (Wildman–Crippen LogP) is 0.335. The molecule has 12 heavy (non-hydrogen) atoms. The van der Waals surface area contributed by atoms with Gasteiger partial charge in [-0.1, -0.05) is 6.92 Å². The van der Waals surface area contributed by atoms with Crippen LogP contribution in [0.1, 0.15) is 13.3 Å². The Kier molecular flexibility index (Phi) is 3.98. The molecule has 1 saturated heterocycles. The Morgan fingerprint density at radius 1 is 1.58 bits per heavy atom. The maximum Gasteiger partial charge on any atom is 0.0590 e. The second-order valence-corrected chi connectivity index (χ2v) is 3.63. The number of hydrogen-bond donors (Lipinski definition) is 1. The Morgan fingerprint density at radius 2 is 2.33 bits per heavy atom. The van der Waals surface area contributed by atoms with Crippen LogP contribution in [0.5, 0.6) is 0 Å². The summed E-state index contributed by atoms with van der Waals surface area (Å²) in [5, 5.41) is 9.46. The highest BCUT2D eigenvalue weighted by molar-refractivity contribution is 4.76. The third kappa shape index (κ3) is 2.73. The SMILES string of the molecule is COCCN1CC[C@H](O)[C@@H](C)C1. The molecule has 3 heteroatoms. The molecule has 3 nitrogen and oxygen atoms in total. The van der Waals surface area contributed by atoms with Gasteiger partial charge in [-0.3, -0.25) is 0 Å². The summed E-state index contributed by atoms with van der Waals surface area (Å²) in [7, 11) is 1.72. The summed E-state index contributed by atoms with van der Waals surface area (Å²) >= 11 is 0. The molecule has 1 rings (SSSR count). The molecule has 0 unspecified atom stereocenters. The fraction of sp³-hybridized carbons (Fsp3) is 1.00. The fourth-order valence-electron chi connectivity index (χ4n) is 1.64. The van der Waals surface area contributed by atoms with Gasteiger partial charge in [0.15, 0.2) is 0 Å². The molecule has 0 spiro atoms. The van der Waals surface area contributed by atoms with Crippen LogP contribution in [0, 0.1) is 5.92 Å². The van der Waals surface area contributed by atoms with Crippen LogP contribution in [0.3, 0.4) is 0 Å². The third-order valence-corrected chi connectivity index (χ3v) is 2.56. The van der Waals surface area contributed by atoms with E-state index in [1.54, 1.807) is 7.11 Å². The Balaban J connectivity index is 2.21. The molecule has 0 amide bonds. The number of rotatable bonds is 3. The van der Waals surface area contributed by atoms with Gasteiger partial charge in [0, 0.05) is 26.7 Å². The monoisotopic (exact) mass is 173 g/mol. The van der Waals surface area contributed by atoms with Gasteiger partial charge in [0.05, 0.1) is 12.7 Å². The van der Waals surface area contributed by atoms with Crippen LogP contribution in [0.25, 0.3) is 0 Å². The average molecular weight is 173 g/mol. The number of hydrogen-bond acceptors (Lipinski definition) is 3. The second kappa shape index (κ2) is 4.80. The first-order chi connectivity index (χ1) is 5.74. The molecule has 1 fully saturated rings. The van der Waals surface area contributed by atoms with E-state index in [4.69, 9.17) is 4.74 Å². The van der Waals surface area contributed by atoms with Crippen LogP contribution in [0.15, 0.2) is 0 Å². The van der Waals surface area contributed by atoms with E-state index in [2.05, 4.69) is 11.8 Å². The lowest BCUT2D eigenvalue weighted by molar-refractivity contribution is 0.0254. The van der Waals surface area contributed by atoms with Crippen molar-refractivity contribution in [3.63, 3.8) is 0 Å². The van der Waals surface area contributed by atoms with E-state index >= 15 is 0 Å². The van der Waals surface area contributed by atoms with Gasteiger partial charge in [-0.15, -0.1) is 0 Å². The van der Waals surface area contributed by atoms with Crippen LogP contribution in [0.2, 0.25) is 0 Å². The molecule has 0 bridgehead atoms. The van der Waals surface area contributed by atoms with E-state index in [-0.39, 0.29) is 6.10 Å². The van der Waals surface area contributed by atoms with Crippen molar-refractivity contribution in [2.75, 3.05) is 33.4 Å². The van der Waals surface area contributed by atoms with E-state index in [1.807, 2.05) is 0 Å². The van der Waals surface area contributed by atoms with Crippen molar-refractivity contribution in [3.8, 4) is 0 Å². The normalized spacial score (nSPS) is 32.2. The lowest BCUT2D eigenvalue weighted by atomic mass is 9.97. The molecule has 1 heterocycles. The molecule has 1 N–H and O–H groups in total. The third-order valence-electron chi connectivity index (χ3n) is 2.56. The maximum atomic E-state index is 9.46. The molecule has 0 radical (unpaired) electrons. The molecular weight excluding hydrogens is 154 g/mol. The van der Waals surface area contributed by atoms with Crippen molar-refractivity contribution in [3.05, 3.63) is 0 Å². The molecule has 72 valence electrons. The van der Waals surface area contributed by atoms with Crippen molar-refractivity contribution in [1.82, 2.24) is 4.90 Å². The van der Waals surface area contributed by atoms with Gasteiger partial charge in [0.1, 0.15) is 0 Å². The Hall–Kier alpha value is -0.120. The molecule has 0 aromatic rings. The number of nitrogens with zero attached hydrogens (tertiary/aromatic N) is 1. The average Bonchev–Trinajstić information content (AvgIpc) is 2.07. The number of aliphatic hydroxyl groups excluding tert-OH is 1. The van der Waals surface area contributed by atoms with Gasteiger partial charge in [-0.05, 0) is 12.3 Å². The maximum absolute atomic E-state index is 9.46. The summed E-state index contributed by atoms with van der Waals surface area (Å²) in [5.74, 6) is 0.413. The standard InChI is InChI=1S/C9H19NO2/c1-8-7-10(5-6-12-2)4-3-9(8)11/h8-9,11H,3-7H2,1-2H3/t8-,9-/m0/s1. The molecular formula is C9H19NO2. The quantitative estimate of drug-likeness (QED) is 0.668. The zero-order valence-electron chi connectivity index (χ0n) is 7.99. The van der Waals surface area contributed by atoms with Crippen LogP contribution in [-0.2, 0) is 4.74 Å². The highest BCUT2D eigenvalue weighted by Crippen LogP contribution is 2.15. The highest BCUT2D eigenvalue weighted by Gasteiger charge is 2.23. The van der Waals surface area contributed by atoms with Gasteiger partial charge in [-0.2, -0.15) is 0 Å². The Bertz CT molecular complexity index is 128. The van der Waals surface area contributed by atoms with E-state index in [0.29, 0.717) is 5.92 Å². The van der Waals surface area contributed by atoms with Crippen molar-refractivity contribution in [1.29, 1.82) is 0 Å². The molecule has 0 aromatic carbocycles. The summed E-state index contributed by atoms with van der Waals surface area (Å²) in [6, 6.07) is 0. The number of likely N-dealkylation sites (tertiary alicyclic amines) is 1. The van der Waals surface area contributed by atoms with Crippen LogP contribution >= 0.6 is 0 Å². The van der Waals surface area contributed by atoms with E-state index in [0.717, 1.165) is 32.7 Å². The zero-order chi connectivity index (χ0) is 8.97. The fourth-order valence-corrected chi connectivity index (χ4v) is 1.64. The lowest BCUT2D eigenvalue weighted by Gasteiger charge is -2.34.